The molecule has 348 valence electrons. The number of fused-ring (bicyclic) bond motifs is 11. The van der Waals surface area contributed by atoms with Crippen LogP contribution in [0.3, 0.4) is 0 Å². The number of benzene rings is 9. The molecule has 0 N–H and O–H groups in total. The summed E-state index contributed by atoms with van der Waals surface area (Å²) in [4.78, 5) is 10.6. The van der Waals surface area contributed by atoms with Crippen LogP contribution < -0.4 is 52.4 Å². The van der Waals surface area contributed by atoms with E-state index in [4.69, 9.17) is 0 Å². The summed E-state index contributed by atoms with van der Waals surface area (Å²) >= 11 is -0.0521. The second kappa shape index (κ2) is 15.4. The van der Waals surface area contributed by atoms with E-state index in [-0.39, 0.29) is 38.8 Å². The molecule has 0 bridgehead atoms. The minimum atomic E-state index is -0.0521. The standard InChI is InChI=1S/C66H52B2N4Se/c1-65(2,3)43-34-38-51-50(39-43)68-49-37-36-48-59-60(49)72(55-32-19-29-52(58(55)68)69(51)45-25-15-9-16-26-45)62-61(63(41-21-11-7-12-22-41)73-64(62)42-23-13-8-14-24-42)71(59)54-31-20-30-53-57(54)67(48)47-35-33-44(66(4,5)6)40-56(47)70(53)46-27-17-10-18-28-46/h7-40H,1-6H3. The van der Waals surface area contributed by atoms with E-state index >= 15 is 0 Å². The summed E-state index contributed by atoms with van der Waals surface area (Å²) in [6.45, 7) is 14.0. The zero-order valence-corrected chi connectivity index (χ0v) is 43.7. The average molecular weight is 1000 g/mol. The molecule has 0 atom stereocenters. The molecule has 0 fully saturated rings. The van der Waals surface area contributed by atoms with Gasteiger partial charge >= 0.3 is 438 Å². The van der Waals surface area contributed by atoms with Crippen molar-refractivity contribution in [2.75, 3.05) is 19.6 Å². The predicted molar refractivity (Wildman–Crippen MR) is 313 cm³/mol. The molecule has 15 rings (SSSR count). The fraction of sp³-hybridized carbons (Fsp3) is 0.121. The number of para-hydroxylation sites is 2. The quantitative estimate of drug-likeness (QED) is 0.163. The van der Waals surface area contributed by atoms with Gasteiger partial charge in [-0.05, 0) is 0 Å². The Morgan fingerprint density at radius 1 is 0.315 bits per heavy atom. The van der Waals surface area contributed by atoms with Gasteiger partial charge in [0.2, 0.25) is 0 Å². The van der Waals surface area contributed by atoms with Crippen molar-refractivity contribution in [1.29, 1.82) is 0 Å². The van der Waals surface area contributed by atoms with Gasteiger partial charge < -0.3 is 0 Å². The molecule has 1 aromatic heterocycles. The summed E-state index contributed by atoms with van der Waals surface area (Å²) in [6, 6.07) is 78.7. The van der Waals surface area contributed by atoms with Gasteiger partial charge in [0.1, 0.15) is 0 Å². The van der Waals surface area contributed by atoms with Crippen LogP contribution in [0.4, 0.5) is 68.2 Å². The fourth-order valence-corrected chi connectivity index (χ4v) is 15.6. The third-order valence-electron chi connectivity index (χ3n) is 16.2. The SMILES string of the molecule is CC(C)(C)c1ccc2c(c1)B1c3ccc4c5c3N(c3cccc(c31)N2c1ccccc1)c1c(-c2ccccc2)[se]c(-c2ccccc2)c1N5c1cccc2c1B4c1ccc(C(C)(C)C)cc1N2c1ccccc1. The average Bonchev–Trinajstić information content (AvgIpc) is 3.83. The van der Waals surface area contributed by atoms with Crippen LogP contribution in [-0.2, 0) is 10.8 Å². The van der Waals surface area contributed by atoms with Crippen LogP contribution in [-0.4, -0.2) is 27.9 Å². The minimum absolute atomic E-state index is 0.00664. The molecule has 73 heavy (non-hydrogen) atoms. The number of hydrogen-bond acceptors (Lipinski definition) is 4. The molecule has 0 spiro atoms. The molecule has 0 unspecified atom stereocenters. The first-order valence-corrected chi connectivity index (χ1v) is 27.6. The number of hydrogen-bond donors (Lipinski definition) is 0. The number of rotatable bonds is 4. The molecule has 0 amide bonds. The first kappa shape index (κ1) is 42.9. The van der Waals surface area contributed by atoms with Gasteiger partial charge in [-0.2, -0.15) is 0 Å². The Bertz CT molecular complexity index is 3910. The second-order valence-corrected chi connectivity index (χ2v) is 24.6. The van der Waals surface area contributed by atoms with Crippen molar-refractivity contribution in [2.45, 2.75) is 52.4 Å². The number of anilines is 12. The van der Waals surface area contributed by atoms with Crippen LogP contribution >= 0.6 is 0 Å². The van der Waals surface area contributed by atoms with E-state index < -0.39 is 0 Å². The van der Waals surface area contributed by atoms with E-state index in [0.717, 1.165) is 0 Å². The molecule has 9 aromatic carbocycles. The van der Waals surface area contributed by atoms with Gasteiger partial charge in [0.05, 0.1) is 0 Å². The van der Waals surface area contributed by atoms with Crippen LogP contribution in [0.25, 0.3) is 20.0 Å². The van der Waals surface area contributed by atoms with Crippen molar-refractivity contribution >= 4 is 129 Å². The zero-order chi connectivity index (χ0) is 49.1. The topological polar surface area (TPSA) is 13.0 Å². The maximum absolute atomic E-state index is 2.76. The Balaban J connectivity index is 1.10. The van der Waals surface area contributed by atoms with Gasteiger partial charge in [0.25, 0.3) is 0 Å². The van der Waals surface area contributed by atoms with E-state index in [1.807, 2.05) is 0 Å². The summed E-state index contributed by atoms with van der Waals surface area (Å²) < 4.78 is 2.81. The summed E-state index contributed by atoms with van der Waals surface area (Å²) in [5.41, 5.74) is 28.3. The Morgan fingerprint density at radius 3 is 1.19 bits per heavy atom. The summed E-state index contributed by atoms with van der Waals surface area (Å²) in [7, 11) is 0. The summed E-state index contributed by atoms with van der Waals surface area (Å²) in [5.74, 6) is 0. The van der Waals surface area contributed by atoms with Gasteiger partial charge in [0, 0.05) is 0 Å². The molecular weight excluding hydrogens is 949 g/mol. The van der Waals surface area contributed by atoms with Gasteiger partial charge in [-0.1, -0.05) is 0 Å². The molecule has 5 aliphatic heterocycles. The third kappa shape index (κ3) is 6.04. The van der Waals surface area contributed by atoms with E-state index in [9.17, 15) is 0 Å². The Morgan fingerprint density at radius 2 is 0.712 bits per heavy atom. The second-order valence-electron chi connectivity index (χ2n) is 22.5. The summed E-state index contributed by atoms with van der Waals surface area (Å²) in [6.07, 6.45) is 0. The zero-order valence-electron chi connectivity index (χ0n) is 42.0. The van der Waals surface area contributed by atoms with Crippen molar-refractivity contribution in [3.8, 4) is 20.0 Å². The first-order chi connectivity index (χ1) is 35.5. The van der Waals surface area contributed by atoms with Gasteiger partial charge in [0.15, 0.2) is 0 Å². The third-order valence-corrected chi connectivity index (χ3v) is 18.9. The van der Waals surface area contributed by atoms with Crippen LogP contribution in [0.1, 0.15) is 52.7 Å². The van der Waals surface area contributed by atoms with Crippen molar-refractivity contribution in [2.24, 2.45) is 0 Å². The Hall–Kier alpha value is -7.69. The Kier molecular flexibility index (Phi) is 9.07. The maximum atomic E-state index is 2.76. The molecule has 0 aliphatic carbocycles. The molecule has 4 nitrogen and oxygen atoms in total. The normalized spacial score (nSPS) is 14.3. The van der Waals surface area contributed by atoms with E-state index in [1.54, 1.807) is 0 Å². The molecule has 10 aromatic rings. The monoisotopic (exact) mass is 1000 g/mol. The van der Waals surface area contributed by atoms with Crippen molar-refractivity contribution in [3.05, 3.63) is 217 Å². The van der Waals surface area contributed by atoms with Gasteiger partial charge in [-0.3, -0.25) is 0 Å². The summed E-state index contributed by atoms with van der Waals surface area (Å²) in [5, 5.41) is 0. The van der Waals surface area contributed by atoms with Crippen molar-refractivity contribution < 1.29 is 0 Å². The van der Waals surface area contributed by atoms with Crippen LogP contribution in [0.15, 0.2) is 206 Å². The first-order valence-electron chi connectivity index (χ1n) is 25.8. The molecule has 6 heterocycles. The van der Waals surface area contributed by atoms with Crippen LogP contribution in [0.2, 0.25) is 0 Å². The molecule has 5 aliphatic rings. The molecule has 0 saturated carbocycles. The van der Waals surface area contributed by atoms with Crippen molar-refractivity contribution in [1.82, 2.24) is 0 Å². The Labute approximate surface area is 435 Å². The van der Waals surface area contributed by atoms with Crippen LogP contribution in [0.5, 0.6) is 0 Å². The van der Waals surface area contributed by atoms with Crippen LogP contribution in [0, 0.1) is 0 Å². The van der Waals surface area contributed by atoms with E-state index in [1.165, 1.54) is 132 Å². The molecule has 7 heteroatoms. The van der Waals surface area contributed by atoms with Gasteiger partial charge in [-0.15, -0.1) is 0 Å². The van der Waals surface area contributed by atoms with E-state index in [0.29, 0.717) is 0 Å². The molecular formula is C66H52B2N4Se. The predicted octanol–water partition coefficient (Wildman–Crippen LogP) is 13.2. The number of nitrogens with zero attached hydrogens (tertiary/aromatic N) is 4. The van der Waals surface area contributed by atoms with Crippen molar-refractivity contribution in [3.63, 3.8) is 0 Å². The van der Waals surface area contributed by atoms with Gasteiger partial charge in [-0.25, -0.2) is 0 Å². The molecule has 0 saturated heterocycles. The fourth-order valence-electron chi connectivity index (χ4n) is 12.9. The van der Waals surface area contributed by atoms with E-state index in [2.05, 4.69) is 267 Å². The molecule has 0 radical (unpaired) electrons.